The van der Waals surface area contributed by atoms with Gasteiger partial charge in [-0.2, -0.15) is 0 Å². The Morgan fingerprint density at radius 2 is 2.05 bits per heavy atom. The van der Waals surface area contributed by atoms with Crippen molar-refractivity contribution < 1.29 is 9.59 Å². The monoisotopic (exact) mass is 283 g/mol. The third-order valence-electron chi connectivity index (χ3n) is 2.55. The minimum absolute atomic E-state index is 0.0117. The van der Waals surface area contributed by atoms with E-state index in [1.807, 2.05) is 0 Å². The first-order chi connectivity index (χ1) is 8.70. The van der Waals surface area contributed by atoms with Crippen molar-refractivity contribution in [1.29, 1.82) is 0 Å². The van der Waals surface area contributed by atoms with Gasteiger partial charge in [0.25, 0.3) is 0 Å². The van der Waals surface area contributed by atoms with E-state index >= 15 is 0 Å². The molecule has 1 rings (SSSR count). The number of amides is 2. The summed E-state index contributed by atoms with van der Waals surface area (Å²) in [5.41, 5.74) is 10.6. The van der Waals surface area contributed by atoms with E-state index < -0.39 is 17.5 Å². The van der Waals surface area contributed by atoms with Gasteiger partial charge in [0, 0.05) is 5.02 Å². The van der Waals surface area contributed by atoms with Gasteiger partial charge in [0.05, 0.1) is 18.0 Å². The molecule has 0 aliphatic carbocycles. The predicted molar refractivity (Wildman–Crippen MR) is 74.4 cm³/mol. The van der Waals surface area contributed by atoms with E-state index in [0.717, 1.165) is 0 Å². The van der Waals surface area contributed by atoms with Crippen LogP contribution in [0.3, 0.4) is 0 Å². The Kier molecular flexibility index (Phi) is 4.91. The molecule has 0 unspecified atom stereocenters. The van der Waals surface area contributed by atoms with Crippen LogP contribution in [0.1, 0.15) is 31.9 Å². The van der Waals surface area contributed by atoms with Crippen molar-refractivity contribution in [1.82, 2.24) is 5.32 Å². The molecule has 0 aliphatic heterocycles. The van der Waals surface area contributed by atoms with Gasteiger partial charge in [0.1, 0.15) is 0 Å². The largest absolute Gasteiger partial charge is 0.370 e. The van der Waals surface area contributed by atoms with Crippen LogP contribution in [0.4, 0.5) is 0 Å². The van der Waals surface area contributed by atoms with Gasteiger partial charge >= 0.3 is 0 Å². The second-order valence-electron chi connectivity index (χ2n) is 4.97. The molecule has 0 saturated carbocycles. The van der Waals surface area contributed by atoms with E-state index in [9.17, 15) is 9.59 Å². The van der Waals surface area contributed by atoms with Crippen LogP contribution in [0.15, 0.2) is 24.3 Å². The highest BCUT2D eigenvalue weighted by molar-refractivity contribution is 6.30. The molecule has 1 atom stereocenters. The number of rotatable bonds is 5. The average molecular weight is 284 g/mol. The van der Waals surface area contributed by atoms with Crippen molar-refractivity contribution in [3.63, 3.8) is 0 Å². The molecule has 0 fully saturated rings. The Morgan fingerprint density at radius 1 is 1.42 bits per heavy atom. The van der Waals surface area contributed by atoms with E-state index in [2.05, 4.69) is 5.32 Å². The van der Waals surface area contributed by atoms with Gasteiger partial charge in [-0.15, -0.1) is 0 Å². The van der Waals surface area contributed by atoms with Crippen LogP contribution in [0.5, 0.6) is 0 Å². The molecule has 0 spiro atoms. The van der Waals surface area contributed by atoms with Crippen LogP contribution in [-0.2, 0) is 9.59 Å². The molecule has 1 aromatic carbocycles. The summed E-state index contributed by atoms with van der Waals surface area (Å²) in [6, 6.07) is 6.36. The summed E-state index contributed by atoms with van der Waals surface area (Å²) >= 11 is 5.90. The number of halogens is 1. The fraction of sp³-hybridized carbons (Fsp3) is 0.385. The highest BCUT2D eigenvalue weighted by Gasteiger charge is 2.26. The topological polar surface area (TPSA) is 98.2 Å². The normalized spacial score (nSPS) is 12.8. The van der Waals surface area contributed by atoms with Crippen LogP contribution >= 0.6 is 11.6 Å². The summed E-state index contributed by atoms with van der Waals surface area (Å²) in [4.78, 5) is 23.0. The number of carbonyl (C=O) groups excluding carboxylic acids is 2. The highest BCUT2D eigenvalue weighted by atomic mass is 35.5. The highest BCUT2D eigenvalue weighted by Crippen LogP contribution is 2.21. The molecular formula is C13H18ClN3O2. The molecule has 0 aliphatic rings. The van der Waals surface area contributed by atoms with E-state index in [-0.39, 0.29) is 12.3 Å². The predicted octanol–water partition coefficient (Wildman–Crippen LogP) is 1.11. The van der Waals surface area contributed by atoms with E-state index in [4.69, 9.17) is 23.1 Å². The lowest BCUT2D eigenvalue weighted by Crippen LogP contribution is -2.50. The molecule has 0 radical (unpaired) electrons. The zero-order chi connectivity index (χ0) is 14.6. The summed E-state index contributed by atoms with van der Waals surface area (Å²) in [7, 11) is 0. The van der Waals surface area contributed by atoms with Gasteiger partial charge in [-0.3, -0.25) is 9.59 Å². The van der Waals surface area contributed by atoms with E-state index in [1.165, 1.54) is 0 Å². The van der Waals surface area contributed by atoms with Gasteiger partial charge < -0.3 is 16.8 Å². The van der Waals surface area contributed by atoms with Gasteiger partial charge in [0.2, 0.25) is 11.8 Å². The molecule has 1 aromatic rings. The molecule has 0 heterocycles. The second kappa shape index (κ2) is 6.04. The van der Waals surface area contributed by atoms with Crippen LogP contribution in [-0.4, -0.2) is 17.4 Å². The number of nitrogens with two attached hydrogens (primary N) is 2. The van der Waals surface area contributed by atoms with Crippen molar-refractivity contribution in [2.45, 2.75) is 31.8 Å². The fourth-order valence-corrected chi connectivity index (χ4v) is 1.72. The maximum atomic E-state index is 11.9. The minimum atomic E-state index is -1.03. The summed E-state index contributed by atoms with van der Waals surface area (Å²) < 4.78 is 0. The van der Waals surface area contributed by atoms with E-state index in [1.54, 1.807) is 38.1 Å². The van der Waals surface area contributed by atoms with Crippen molar-refractivity contribution in [3.8, 4) is 0 Å². The summed E-state index contributed by atoms with van der Waals surface area (Å²) in [5, 5.41) is 3.23. The average Bonchev–Trinajstić information content (AvgIpc) is 2.26. The number of hydrogen-bond acceptors (Lipinski definition) is 3. The summed E-state index contributed by atoms with van der Waals surface area (Å²) in [6.07, 6.45) is -0.0117. The molecular weight excluding hydrogens is 266 g/mol. The van der Waals surface area contributed by atoms with Gasteiger partial charge in [0.15, 0.2) is 0 Å². The third-order valence-corrected chi connectivity index (χ3v) is 2.78. The number of benzene rings is 1. The Morgan fingerprint density at radius 3 is 2.53 bits per heavy atom. The summed E-state index contributed by atoms with van der Waals surface area (Å²) in [5.74, 6) is -0.876. The van der Waals surface area contributed by atoms with Gasteiger partial charge in [-0.1, -0.05) is 23.7 Å². The maximum Gasteiger partial charge on any atom is 0.240 e. The number of carbonyl (C=O) groups is 2. The Labute approximate surface area is 117 Å². The van der Waals surface area contributed by atoms with Gasteiger partial charge in [-0.25, -0.2) is 0 Å². The molecule has 0 bridgehead atoms. The first kappa shape index (κ1) is 15.5. The minimum Gasteiger partial charge on any atom is -0.370 e. The standard InChI is InChI=1S/C13H18ClN3O2/c1-13(2,16)12(19)17-10(7-11(15)18)8-4-3-5-9(14)6-8/h3-6,10H,7,16H2,1-2H3,(H2,15,18)(H,17,19)/t10-/m1/s1. The maximum absolute atomic E-state index is 11.9. The van der Waals surface area contributed by atoms with Crippen molar-refractivity contribution >= 4 is 23.4 Å². The molecule has 5 N–H and O–H groups in total. The van der Waals surface area contributed by atoms with E-state index in [0.29, 0.717) is 10.6 Å². The Balaban J connectivity index is 2.96. The summed E-state index contributed by atoms with van der Waals surface area (Å²) in [6.45, 7) is 3.17. The molecule has 6 heteroatoms. The molecule has 19 heavy (non-hydrogen) atoms. The second-order valence-corrected chi connectivity index (χ2v) is 5.41. The lowest BCUT2D eigenvalue weighted by molar-refractivity contribution is -0.126. The number of primary amides is 1. The molecule has 0 aromatic heterocycles. The first-order valence-electron chi connectivity index (χ1n) is 5.84. The first-order valence-corrected chi connectivity index (χ1v) is 6.21. The SMILES string of the molecule is CC(C)(N)C(=O)N[C@H](CC(N)=O)c1cccc(Cl)c1. The number of nitrogens with one attached hydrogen (secondary N) is 1. The van der Waals surface area contributed by atoms with Gasteiger partial charge in [-0.05, 0) is 31.5 Å². The molecule has 0 saturated heterocycles. The van der Waals surface area contributed by atoms with Crippen LogP contribution in [0.2, 0.25) is 5.02 Å². The molecule has 2 amide bonds. The Bertz CT molecular complexity index is 483. The lowest BCUT2D eigenvalue weighted by atomic mass is 10.0. The van der Waals surface area contributed by atoms with Crippen molar-refractivity contribution in [2.24, 2.45) is 11.5 Å². The number of hydrogen-bond donors (Lipinski definition) is 3. The quantitative estimate of drug-likeness (QED) is 0.755. The smallest absolute Gasteiger partial charge is 0.240 e. The lowest BCUT2D eigenvalue weighted by Gasteiger charge is -2.24. The molecule has 104 valence electrons. The van der Waals surface area contributed by atoms with Crippen molar-refractivity contribution in [2.75, 3.05) is 0 Å². The van der Waals surface area contributed by atoms with Crippen LogP contribution in [0.25, 0.3) is 0 Å². The zero-order valence-corrected chi connectivity index (χ0v) is 11.7. The fourth-order valence-electron chi connectivity index (χ4n) is 1.52. The third kappa shape index (κ3) is 4.89. The molecule has 5 nitrogen and oxygen atoms in total. The Hall–Kier alpha value is -1.59. The van der Waals surface area contributed by atoms with Crippen LogP contribution < -0.4 is 16.8 Å². The van der Waals surface area contributed by atoms with Crippen LogP contribution in [0, 0.1) is 0 Å². The zero-order valence-electron chi connectivity index (χ0n) is 10.9. The van der Waals surface area contributed by atoms with Crippen molar-refractivity contribution in [3.05, 3.63) is 34.9 Å².